The zero-order valence-corrected chi connectivity index (χ0v) is 8.65. The molecule has 0 aliphatic carbocycles. The summed E-state index contributed by atoms with van der Waals surface area (Å²) in [7, 11) is 0. The van der Waals surface area contributed by atoms with E-state index in [4.69, 9.17) is 5.11 Å². The lowest BCUT2D eigenvalue weighted by Crippen LogP contribution is -2.19. The average molecular weight is 205 g/mol. The van der Waals surface area contributed by atoms with E-state index in [0.29, 0.717) is 6.54 Å². The topological polar surface area (TPSA) is 73.7 Å². The van der Waals surface area contributed by atoms with Gasteiger partial charge in [-0.15, -0.1) is 0 Å². The van der Waals surface area contributed by atoms with Gasteiger partial charge in [-0.1, -0.05) is 11.8 Å². The van der Waals surface area contributed by atoms with Crippen LogP contribution >= 0.6 is 11.8 Å². The minimum Gasteiger partial charge on any atom is -0.465 e. The van der Waals surface area contributed by atoms with Crippen molar-refractivity contribution in [3.63, 3.8) is 0 Å². The Balaban J connectivity index is 0.000000226. The second-order valence-electron chi connectivity index (χ2n) is 2.15. The highest BCUT2D eigenvalue weighted by molar-refractivity contribution is 8.13. The maximum Gasteiger partial charge on any atom is 0.404 e. The first-order valence-corrected chi connectivity index (χ1v) is 5.22. The number of hydrogen-bond acceptors (Lipinski definition) is 4. The first kappa shape index (κ1) is 12.1. The van der Waals surface area contributed by atoms with Crippen molar-refractivity contribution >= 4 is 23.0 Å². The first-order valence-electron chi connectivity index (χ1n) is 3.99. The molecule has 6 heteroatoms. The molecule has 1 heterocycles. The van der Waals surface area contributed by atoms with Crippen molar-refractivity contribution in [1.82, 2.24) is 10.6 Å². The van der Waals surface area contributed by atoms with E-state index in [1.54, 1.807) is 18.7 Å². The fraction of sp³-hybridized carbons (Fsp3) is 0.714. The van der Waals surface area contributed by atoms with E-state index >= 15 is 0 Å². The number of carboxylic acid groups (broad SMARTS) is 1. The normalized spacial score (nSPS) is 13.5. The number of amidine groups is 1. The predicted octanol–water partition coefficient (Wildman–Crippen LogP) is 0.583. The Kier molecular flexibility index (Phi) is 7.18. The number of nitrogens with one attached hydrogen (secondary N) is 2. The first-order chi connectivity index (χ1) is 6.20. The summed E-state index contributed by atoms with van der Waals surface area (Å²) in [6.45, 7) is 4.19. The van der Waals surface area contributed by atoms with Crippen LogP contribution in [0.4, 0.5) is 4.79 Å². The second kappa shape index (κ2) is 7.72. The predicted molar refractivity (Wildman–Crippen MR) is 55.5 cm³/mol. The monoisotopic (exact) mass is 205 g/mol. The number of hydrogen-bond donors (Lipinski definition) is 3. The maximum absolute atomic E-state index is 9.49. The molecule has 1 amide bonds. The highest BCUT2D eigenvalue weighted by atomic mass is 32.2. The van der Waals surface area contributed by atoms with E-state index in [2.05, 4.69) is 15.6 Å². The summed E-state index contributed by atoms with van der Waals surface area (Å²) in [4.78, 5) is 13.6. The summed E-state index contributed by atoms with van der Waals surface area (Å²) in [6.07, 6.45) is 1.06. The Bertz CT molecular complexity index is 185. The smallest absolute Gasteiger partial charge is 0.404 e. The van der Waals surface area contributed by atoms with Gasteiger partial charge in [0.1, 0.15) is 0 Å². The lowest BCUT2D eigenvalue weighted by molar-refractivity contribution is 0.195. The third-order valence-corrected chi connectivity index (χ3v) is 1.82. The minimum absolute atomic E-state index is 0.481. The van der Waals surface area contributed by atoms with Gasteiger partial charge >= 0.3 is 6.09 Å². The van der Waals surface area contributed by atoms with E-state index in [9.17, 15) is 4.79 Å². The van der Waals surface area contributed by atoms with Gasteiger partial charge in [-0.05, 0) is 13.2 Å². The number of aliphatic imine (C=N–C) groups is 1. The van der Waals surface area contributed by atoms with Crippen LogP contribution in [0.1, 0.15) is 6.92 Å². The van der Waals surface area contributed by atoms with E-state index in [0.717, 1.165) is 18.3 Å². The van der Waals surface area contributed by atoms with Crippen molar-refractivity contribution < 1.29 is 9.90 Å². The Morgan fingerprint density at radius 2 is 2.54 bits per heavy atom. The minimum atomic E-state index is -0.961. The van der Waals surface area contributed by atoms with Gasteiger partial charge in [0.2, 0.25) is 0 Å². The molecule has 0 spiro atoms. The van der Waals surface area contributed by atoms with Crippen LogP contribution in [0, 0.1) is 0 Å². The molecule has 3 N–H and O–H groups in total. The van der Waals surface area contributed by atoms with Crippen LogP contribution in [0.15, 0.2) is 4.99 Å². The molecule has 0 saturated heterocycles. The molecule has 0 aromatic heterocycles. The van der Waals surface area contributed by atoms with Crippen LogP contribution < -0.4 is 10.6 Å². The van der Waals surface area contributed by atoms with Crippen molar-refractivity contribution in [2.24, 2.45) is 4.99 Å². The summed E-state index contributed by atoms with van der Waals surface area (Å²) in [5, 5.41) is 14.1. The lowest BCUT2D eigenvalue weighted by Gasteiger charge is -1.91. The van der Waals surface area contributed by atoms with Crippen LogP contribution in [-0.2, 0) is 0 Å². The van der Waals surface area contributed by atoms with Gasteiger partial charge in [-0.3, -0.25) is 4.99 Å². The van der Waals surface area contributed by atoms with Crippen molar-refractivity contribution in [3.05, 3.63) is 0 Å². The highest BCUT2D eigenvalue weighted by Gasteiger charge is 1.99. The standard InChI is InChI=1S/C4H8N2S.C3H7NO2/c1-7-4-5-2-3-6-4;1-2-4-3(5)6/h2-3H2,1H3,(H,5,6);4H,2H2,1H3,(H,5,6). The molecule has 13 heavy (non-hydrogen) atoms. The van der Waals surface area contributed by atoms with E-state index < -0.39 is 6.09 Å². The molecule has 5 nitrogen and oxygen atoms in total. The van der Waals surface area contributed by atoms with Crippen LogP contribution in [0.3, 0.4) is 0 Å². The zero-order valence-electron chi connectivity index (χ0n) is 7.83. The molecule has 0 bridgehead atoms. The summed E-state index contributed by atoms with van der Waals surface area (Å²) >= 11 is 1.67. The number of carbonyl (C=O) groups is 1. The quantitative estimate of drug-likeness (QED) is 0.585. The summed E-state index contributed by atoms with van der Waals surface area (Å²) in [5.74, 6) is 0. The van der Waals surface area contributed by atoms with Crippen LogP contribution in [0.2, 0.25) is 0 Å². The summed E-state index contributed by atoms with van der Waals surface area (Å²) in [6, 6.07) is 0. The molecule has 1 rings (SSSR count). The van der Waals surface area contributed by atoms with Gasteiger partial charge in [0.15, 0.2) is 5.17 Å². The zero-order chi connectivity index (χ0) is 10.1. The van der Waals surface area contributed by atoms with Gasteiger partial charge in [0.25, 0.3) is 0 Å². The van der Waals surface area contributed by atoms with Crippen molar-refractivity contribution in [2.45, 2.75) is 6.92 Å². The Labute approximate surface area is 82.0 Å². The molecule has 0 aromatic carbocycles. The van der Waals surface area contributed by atoms with E-state index in [-0.39, 0.29) is 0 Å². The Morgan fingerprint density at radius 1 is 1.85 bits per heavy atom. The Hall–Kier alpha value is -0.910. The molecule has 0 unspecified atom stereocenters. The SMILES string of the molecule is CCNC(=O)O.CSC1=NCCN1. The molecule has 0 saturated carbocycles. The molecule has 1 aliphatic rings. The highest BCUT2D eigenvalue weighted by Crippen LogP contribution is 1.97. The largest absolute Gasteiger partial charge is 0.465 e. The van der Waals surface area contributed by atoms with Crippen molar-refractivity contribution in [1.29, 1.82) is 0 Å². The van der Waals surface area contributed by atoms with Gasteiger partial charge < -0.3 is 15.7 Å². The van der Waals surface area contributed by atoms with Gasteiger partial charge in [-0.25, -0.2) is 4.79 Å². The molecular weight excluding hydrogens is 190 g/mol. The average Bonchev–Trinajstić information content (AvgIpc) is 2.56. The van der Waals surface area contributed by atoms with Crippen molar-refractivity contribution in [3.8, 4) is 0 Å². The maximum atomic E-state index is 9.49. The summed E-state index contributed by atoms with van der Waals surface area (Å²) < 4.78 is 0. The molecule has 0 fully saturated rings. The van der Waals surface area contributed by atoms with Gasteiger partial charge in [0.05, 0.1) is 6.54 Å². The number of nitrogens with zero attached hydrogens (tertiary/aromatic N) is 1. The third kappa shape index (κ3) is 7.45. The number of amides is 1. The Morgan fingerprint density at radius 3 is 2.69 bits per heavy atom. The number of rotatable bonds is 1. The summed E-state index contributed by atoms with van der Waals surface area (Å²) in [5.41, 5.74) is 0. The molecule has 1 aliphatic heterocycles. The molecule has 0 atom stereocenters. The van der Waals surface area contributed by atoms with Gasteiger partial charge in [-0.2, -0.15) is 0 Å². The fourth-order valence-corrected chi connectivity index (χ4v) is 1.13. The van der Waals surface area contributed by atoms with Gasteiger partial charge in [0, 0.05) is 13.1 Å². The lowest BCUT2D eigenvalue weighted by atomic mass is 10.7. The number of thioether (sulfide) groups is 1. The third-order valence-electron chi connectivity index (χ3n) is 1.16. The molecule has 0 radical (unpaired) electrons. The van der Waals surface area contributed by atoms with E-state index in [1.807, 2.05) is 6.26 Å². The molecule has 76 valence electrons. The van der Waals surface area contributed by atoms with Crippen LogP contribution in [0.25, 0.3) is 0 Å². The van der Waals surface area contributed by atoms with Crippen LogP contribution in [-0.4, -0.2) is 42.3 Å². The van der Waals surface area contributed by atoms with Crippen LogP contribution in [0.5, 0.6) is 0 Å². The second-order valence-corrected chi connectivity index (χ2v) is 2.95. The fourth-order valence-electron chi connectivity index (χ4n) is 0.664. The van der Waals surface area contributed by atoms with E-state index in [1.165, 1.54) is 0 Å². The molecular formula is C7H15N3O2S. The van der Waals surface area contributed by atoms with Crippen molar-refractivity contribution in [2.75, 3.05) is 25.9 Å². The molecule has 0 aromatic rings.